The monoisotopic (exact) mass is 1260 g/mol. The summed E-state index contributed by atoms with van der Waals surface area (Å²) in [5, 5.41) is -1.71. The number of allylic oxidation sites excluding steroid dienone is 4. The van der Waals surface area contributed by atoms with Crippen molar-refractivity contribution < 1.29 is 50.0 Å². The predicted octanol–water partition coefficient (Wildman–Crippen LogP) is 20.5. The number of rotatable bonds is 24. The molecule has 2 aromatic rings. The van der Waals surface area contributed by atoms with Crippen molar-refractivity contribution >= 4 is 50.5 Å². The molecule has 11 nitrogen and oxygen atoms in total. The summed E-state index contributed by atoms with van der Waals surface area (Å²) < 4.78 is 65.9. The minimum absolute atomic E-state index is 0.176. The maximum absolute atomic E-state index is 12.3. The fourth-order valence-electron chi connectivity index (χ4n) is 8.07. The van der Waals surface area contributed by atoms with Gasteiger partial charge in [0.1, 0.15) is 38.5 Å². The summed E-state index contributed by atoms with van der Waals surface area (Å²) in [4.78, 5) is 55.3. The lowest BCUT2D eigenvalue weighted by atomic mass is 9.86. The normalized spacial score (nSPS) is 13.4. The van der Waals surface area contributed by atoms with E-state index in [4.69, 9.17) is 0 Å². The molecule has 0 spiro atoms. The number of benzene rings is 2. The van der Waals surface area contributed by atoms with Gasteiger partial charge in [-0.1, -0.05) is 268 Å². The average Bonchev–Trinajstić information content (AvgIpc) is 3.53. The van der Waals surface area contributed by atoms with Crippen LogP contribution in [-0.2, 0) is 38.9 Å². The van der Waals surface area contributed by atoms with Gasteiger partial charge in [-0.15, -0.1) is 0 Å². The SMILES string of the molecule is CC.CC.CC.CC.CC(=O)CC(C(C)=O)S(=O)(=O)[O-].CC(CC(C)(C)C)CP(=O)([O-])CC(C)CC(C)(C)C.CCC.CCC.CCCCC/C=C\C/C=C\CCCCCCCC(C)=O.Cc1ccc(C)cc1.O=C1CS(=O)(=O)c2ccccc21. The summed E-state index contributed by atoms with van der Waals surface area (Å²) in [5.74, 6) is -1.11. The molecular weight excluding hydrogens is 1120 g/mol. The smallest absolute Gasteiger partial charge is 0.186 e. The summed E-state index contributed by atoms with van der Waals surface area (Å²) in [6, 6.07) is 14.8. The van der Waals surface area contributed by atoms with Crippen LogP contribution in [0.2, 0.25) is 0 Å². The lowest BCUT2D eigenvalue weighted by Gasteiger charge is -2.33. The highest BCUT2D eigenvalue weighted by Gasteiger charge is 2.32. The first-order valence-electron chi connectivity index (χ1n) is 32.4. The summed E-state index contributed by atoms with van der Waals surface area (Å²) >= 11 is 0. The Hall–Kier alpha value is -3.35. The van der Waals surface area contributed by atoms with Gasteiger partial charge in [0.2, 0.25) is 0 Å². The van der Waals surface area contributed by atoms with Crippen LogP contribution in [0.25, 0.3) is 0 Å². The van der Waals surface area contributed by atoms with Gasteiger partial charge in [-0.05, 0) is 127 Å². The third-order valence-electron chi connectivity index (χ3n) is 10.9. The molecule has 1 aliphatic heterocycles. The van der Waals surface area contributed by atoms with Gasteiger partial charge >= 0.3 is 0 Å². The predicted molar refractivity (Wildman–Crippen MR) is 369 cm³/mol. The Labute approximate surface area is 527 Å². The third kappa shape index (κ3) is 71.3. The number of hydrogen-bond donors (Lipinski definition) is 0. The van der Waals surface area contributed by atoms with Gasteiger partial charge in [0, 0.05) is 25.8 Å². The number of sulfone groups is 1. The summed E-state index contributed by atoms with van der Waals surface area (Å²) in [5.41, 5.74) is 3.40. The molecule has 2 aromatic carbocycles. The van der Waals surface area contributed by atoms with Crippen LogP contribution >= 0.6 is 7.37 Å². The third-order valence-corrected chi connectivity index (χ3v) is 16.1. The second kappa shape index (κ2) is 60.9. The van der Waals surface area contributed by atoms with Crippen molar-refractivity contribution in [2.24, 2.45) is 22.7 Å². The van der Waals surface area contributed by atoms with E-state index in [1.165, 1.54) is 87.8 Å². The molecule has 1 aliphatic rings. The minimum Gasteiger partial charge on any atom is -0.799 e. The Morgan fingerprint density at radius 1 is 0.612 bits per heavy atom. The number of carbonyl (C=O) groups excluding carboxylic acids is 4. The fourth-order valence-corrected chi connectivity index (χ4v) is 12.7. The lowest BCUT2D eigenvalue weighted by molar-refractivity contribution is -0.176. The van der Waals surface area contributed by atoms with Crippen LogP contribution in [0.15, 0.2) is 77.7 Å². The van der Waals surface area contributed by atoms with E-state index in [-0.39, 0.29) is 39.1 Å². The second-order valence-corrected chi connectivity index (χ2v) is 29.2. The lowest BCUT2D eigenvalue weighted by Crippen LogP contribution is -2.30. The van der Waals surface area contributed by atoms with Gasteiger partial charge in [-0.3, -0.25) is 14.4 Å². The highest BCUT2D eigenvalue weighted by atomic mass is 32.2. The van der Waals surface area contributed by atoms with Gasteiger partial charge in [0.05, 0.1) is 4.90 Å². The Balaban J connectivity index is -0.000000140. The Kier molecular flexibility index (Phi) is 70.2. The van der Waals surface area contributed by atoms with Crippen molar-refractivity contribution in [1.29, 1.82) is 0 Å². The zero-order valence-electron chi connectivity index (χ0n) is 59.6. The first kappa shape index (κ1) is 97.9. The van der Waals surface area contributed by atoms with Gasteiger partial charge in [-0.2, -0.15) is 0 Å². The molecule has 1 heterocycles. The molecule has 0 amide bonds. The molecule has 0 N–H and O–H groups in total. The number of unbranched alkanes of at least 4 members (excludes halogenated alkanes) is 8. The zero-order chi connectivity index (χ0) is 68.5. The molecule has 0 bridgehead atoms. The van der Waals surface area contributed by atoms with Gasteiger partial charge in [-0.25, -0.2) is 16.8 Å². The molecule has 0 saturated heterocycles. The Bertz CT molecular complexity index is 2180. The fraction of sp³-hybridized carbons (Fsp3) is 0.718. The number of fused-ring (bicyclic) bond motifs is 1. The first-order valence-corrected chi connectivity index (χ1v) is 37.5. The maximum Gasteiger partial charge on any atom is 0.186 e. The summed E-state index contributed by atoms with van der Waals surface area (Å²) in [6.45, 7) is 51.9. The second-order valence-electron chi connectivity index (χ2n) is 23.3. The molecule has 3 rings (SSSR count). The molecule has 0 fully saturated rings. The molecule has 14 heteroatoms. The molecule has 3 atom stereocenters. The molecule has 502 valence electrons. The molecule has 3 unspecified atom stereocenters. The number of carbonyl (C=O) groups is 4. The van der Waals surface area contributed by atoms with Crippen LogP contribution in [0.3, 0.4) is 0 Å². The maximum atomic E-state index is 12.3. The van der Waals surface area contributed by atoms with Crippen molar-refractivity contribution in [2.75, 3.05) is 18.1 Å². The van der Waals surface area contributed by atoms with Crippen molar-refractivity contribution in [3.63, 3.8) is 0 Å². The van der Waals surface area contributed by atoms with Gasteiger partial charge in [0.25, 0.3) is 0 Å². The molecule has 0 saturated carbocycles. The standard InChI is InChI=1S/C19H34O.C16H35O2P.C8H6O3S.C8H10.C6H10O5S.2C3H8.4C2H6/c1-3-4-5-6-7-8-9-10-11-12-13-14-15-16-17-18-19(2)20;1-13(9-15(3,4)5)11-19(17,18)12-14(2)10-16(6,7)8;9-7-5-12(10,11)8-4-2-1-3-6(7)8;1-7-3-5-8(2)6-4-7;1-4(7)3-6(5(2)8)12(9,10)11;2*1-3-2;4*1-2/h7-8,10-11H,3-6,9,12-18H2,1-2H3;13-14H,9-12H2,1-8H3,(H,17,18);1-4H,5H2;3-6H,1-2H3;6H,3H2,1-2H3,(H,9,10,11);2*3H2,1-2H3;4*1-2H3/p-2/b8-7-,11-10-;;;;;;;;;;. The number of aryl methyl sites for hydroxylation is 2. The average molecular weight is 1260 g/mol. The first-order chi connectivity index (χ1) is 39.4. The van der Waals surface area contributed by atoms with E-state index in [1.807, 2.05) is 55.4 Å². The molecule has 0 aliphatic carbocycles. The van der Waals surface area contributed by atoms with Crippen LogP contribution in [-0.4, -0.2) is 67.8 Å². The van der Waals surface area contributed by atoms with Crippen LogP contribution in [0, 0.1) is 36.5 Å². The van der Waals surface area contributed by atoms with E-state index < -0.39 is 50.6 Å². The van der Waals surface area contributed by atoms with Crippen molar-refractivity contribution in [1.82, 2.24) is 0 Å². The van der Waals surface area contributed by atoms with Gasteiger partial charge in [0.15, 0.2) is 15.6 Å². The van der Waals surface area contributed by atoms with E-state index in [0.29, 0.717) is 23.7 Å². The summed E-state index contributed by atoms with van der Waals surface area (Å²) in [7, 11) is -11.2. The van der Waals surface area contributed by atoms with Crippen LogP contribution < -0.4 is 4.89 Å². The van der Waals surface area contributed by atoms with E-state index in [0.717, 1.165) is 46.0 Å². The topological polar surface area (TPSA) is 200 Å². The zero-order valence-corrected chi connectivity index (χ0v) is 62.1. The number of hydrogen-bond acceptors (Lipinski definition) is 11. The highest BCUT2D eigenvalue weighted by Crippen LogP contribution is 2.44. The largest absolute Gasteiger partial charge is 0.799 e. The number of ketones is 4. The van der Waals surface area contributed by atoms with Crippen molar-refractivity contribution in [3.8, 4) is 0 Å². The van der Waals surface area contributed by atoms with Gasteiger partial charge < -0.3 is 18.8 Å². The van der Waals surface area contributed by atoms with E-state index in [1.54, 1.807) is 25.1 Å². The van der Waals surface area contributed by atoms with Crippen LogP contribution in [0.5, 0.6) is 0 Å². The van der Waals surface area contributed by atoms with Crippen LogP contribution in [0.4, 0.5) is 0 Å². The highest BCUT2D eigenvalue weighted by molar-refractivity contribution is 7.92. The quantitative estimate of drug-likeness (QED) is 0.0419. The molecular formula is C71H133O11PS2-2. The number of Topliss-reactive ketones (excluding diaryl/α,β-unsaturated/α-hetero) is 4. The Morgan fingerprint density at radius 3 is 1.29 bits per heavy atom. The summed E-state index contributed by atoms with van der Waals surface area (Å²) in [6.07, 6.45) is 28.3. The molecule has 85 heavy (non-hydrogen) atoms. The van der Waals surface area contributed by atoms with Crippen LogP contribution in [0.1, 0.15) is 297 Å². The molecule has 0 radical (unpaired) electrons. The van der Waals surface area contributed by atoms with Crippen molar-refractivity contribution in [2.45, 2.75) is 299 Å². The minimum atomic E-state index is -4.68. The van der Waals surface area contributed by atoms with Crippen molar-refractivity contribution in [3.05, 3.63) is 89.5 Å². The van der Waals surface area contributed by atoms with E-state index in [9.17, 15) is 50.0 Å². The Morgan fingerprint density at radius 2 is 0.976 bits per heavy atom. The molecule has 0 aromatic heterocycles. The van der Waals surface area contributed by atoms with E-state index >= 15 is 0 Å². The van der Waals surface area contributed by atoms with E-state index in [2.05, 4.69) is 152 Å².